The molecule has 24 heavy (non-hydrogen) atoms. The molecule has 2 aliphatic rings. The van der Waals surface area contributed by atoms with E-state index in [2.05, 4.69) is 11.4 Å². The molecule has 3 rings (SSSR count). The minimum Gasteiger partial charge on any atom is -0.361 e. The van der Waals surface area contributed by atoms with Crippen LogP contribution in [0.25, 0.3) is 0 Å². The van der Waals surface area contributed by atoms with E-state index < -0.39 is 17.7 Å². The van der Waals surface area contributed by atoms with E-state index in [1.54, 1.807) is 6.92 Å². The zero-order valence-electron chi connectivity index (χ0n) is 13.0. The minimum atomic E-state index is -4.42. The Hall–Kier alpha value is -2.55. The van der Waals surface area contributed by atoms with Crippen molar-refractivity contribution in [2.75, 3.05) is 0 Å². The van der Waals surface area contributed by atoms with Gasteiger partial charge in [-0.15, -0.1) is 0 Å². The Kier molecular flexibility index (Phi) is 3.96. The maximum absolute atomic E-state index is 12.8. The highest BCUT2D eigenvalue weighted by Gasteiger charge is 2.36. The van der Waals surface area contributed by atoms with Gasteiger partial charge in [0.25, 0.3) is 0 Å². The molecule has 1 aliphatic heterocycles. The van der Waals surface area contributed by atoms with E-state index in [0.717, 1.165) is 24.3 Å². The molecule has 0 saturated heterocycles. The van der Waals surface area contributed by atoms with Gasteiger partial charge in [0.1, 0.15) is 0 Å². The van der Waals surface area contributed by atoms with Gasteiger partial charge in [0.15, 0.2) is 5.78 Å². The number of carbonyl (C=O) groups excluding carboxylic acids is 1. The maximum Gasteiger partial charge on any atom is 0.416 e. The van der Waals surface area contributed by atoms with Gasteiger partial charge in [-0.3, -0.25) is 4.79 Å². The molecule has 1 atom stereocenters. The van der Waals surface area contributed by atoms with Gasteiger partial charge >= 0.3 is 6.18 Å². The Morgan fingerprint density at radius 1 is 1.21 bits per heavy atom. The fourth-order valence-electron chi connectivity index (χ4n) is 3.33. The van der Waals surface area contributed by atoms with E-state index >= 15 is 0 Å². The molecule has 1 aromatic carbocycles. The van der Waals surface area contributed by atoms with Crippen molar-refractivity contribution >= 4 is 5.78 Å². The van der Waals surface area contributed by atoms with Crippen molar-refractivity contribution in [3.8, 4) is 6.07 Å². The van der Waals surface area contributed by atoms with Gasteiger partial charge in [-0.2, -0.15) is 18.4 Å². The number of nitrogens with zero attached hydrogens (tertiary/aromatic N) is 1. The molecule has 1 N–H and O–H groups in total. The number of hydrogen-bond acceptors (Lipinski definition) is 3. The highest BCUT2D eigenvalue weighted by atomic mass is 19.4. The van der Waals surface area contributed by atoms with E-state index in [0.29, 0.717) is 35.2 Å². The third-order valence-electron chi connectivity index (χ3n) is 4.47. The van der Waals surface area contributed by atoms with Gasteiger partial charge in [0, 0.05) is 23.4 Å². The Balaban J connectivity index is 2.11. The van der Waals surface area contributed by atoms with Crippen LogP contribution in [0.2, 0.25) is 0 Å². The lowest BCUT2D eigenvalue weighted by atomic mass is 9.75. The molecule has 0 spiro atoms. The number of ketones is 1. The van der Waals surface area contributed by atoms with E-state index in [1.165, 1.54) is 12.1 Å². The van der Waals surface area contributed by atoms with Crippen LogP contribution in [0.5, 0.6) is 0 Å². The lowest BCUT2D eigenvalue weighted by molar-refractivity contribution is -0.137. The molecule has 1 unspecified atom stereocenters. The van der Waals surface area contributed by atoms with Crippen LogP contribution in [0.3, 0.4) is 0 Å². The first-order chi connectivity index (χ1) is 11.3. The molecular weight excluding hydrogens is 317 g/mol. The molecule has 1 aliphatic carbocycles. The van der Waals surface area contributed by atoms with E-state index in [9.17, 15) is 23.2 Å². The summed E-state index contributed by atoms with van der Waals surface area (Å²) in [5, 5.41) is 12.6. The summed E-state index contributed by atoms with van der Waals surface area (Å²) in [6, 6.07) is 6.81. The first-order valence-electron chi connectivity index (χ1n) is 7.64. The fourth-order valence-corrected chi connectivity index (χ4v) is 3.33. The topological polar surface area (TPSA) is 52.9 Å². The smallest absolute Gasteiger partial charge is 0.361 e. The third-order valence-corrected chi connectivity index (χ3v) is 4.47. The summed E-state index contributed by atoms with van der Waals surface area (Å²) in [7, 11) is 0. The fraction of sp³-hybridized carbons (Fsp3) is 0.333. The predicted octanol–water partition coefficient (Wildman–Crippen LogP) is 4.20. The number of dihydropyridines is 1. The molecule has 0 fully saturated rings. The second-order valence-electron chi connectivity index (χ2n) is 6.00. The number of Topliss-reactive ketones (excluding diaryl/α,β-unsaturated/α-hetero) is 1. The Labute approximate surface area is 137 Å². The normalized spacial score (nSPS) is 21.3. The van der Waals surface area contributed by atoms with Gasteiger partial charge in [0.2, 0.25) is 0 Å². The van der Waals surface area contributed by atoms with Crippen LogP contribution in [-0.4, -0.2) is 5.78 Å². The van der Waals surface area contributed by atoms with E-state index in [-0.39, 0.29) is 5.78 Å². The number of halogens is 3. The van der Waals surface area contributed by atoms with Crippen LogP contribution < -0.4 is 5.32 Å². The number of nitriles is 1. The van der Waals surface area contributed by atoms with Crippen LogP contribution in [0, 0.1) is 11.3 Å². The quantitative estimate of drug-likeness (QED) is 0.839. The van der Waals surface area contributed by atoms with Gasteiger partial charge in [-0.25, -0.2) is 0 Å². The van der Waals surface area contributed by atoms with Crippen molar-refractivity contribution in [3.05, 3.63) is 57.9 Å². The summed E-state index contributed by atoms with van der Waals surface area (Å²) in [6.45, 7) is 1.75. The van der Waals surface area contributed by atoms with Crippen molar-refractivity contribution in [1.29, 1.82) is 5.26 Å². The summed E-state index contributed by atoms with van der Waals surface area (Å²) in [5.74, 6) is -0.643. The lowest BCUT2D eigenvalue weighted by Crippen LogP contribution is -2.31. The average molecular weight is 332 g/mol. The number of allylic oxidation sites excluding steroid dienone is 4. The number of alkyl halides is 3. The molecule has 6 heteroatoms. The Morgan fingerprint density at radius 3 is 2.46 bits per heavy atom. The summed E-state index contributed by atoms with van der Waals surface area (Å²) < 4.78 is 38.3. The summed E-state index contributed by atoms with van der Waals surface area (Å²) in [6.07, 6.45) is -2.58. The zero-order chi connectivity index (χ0) is 17.5. The van der Waals surface area contributed by atoms with Crippen molar-refractivity contribution in [1.82, 2.24) is 5.32 Å². The zero-order valence-corrected chi connectivity index (χ0v) is 13.0. The van der Waals surface area contributed by atoms with Gasteiger partial charge in [0.05, 0.1) is 23.1 Å². The largest absolute Gasteiger partial charge is 0.416 e. The second kappa shape index (κ2) is 5.82. The first-order valence-corrected chi connectivity index (χ1v) is 7.64. The molecule has 0 radical (unpaired) electrons. The number of carbonyl (C=O) groups is 1. The lowest BCUT2D eigenvalue weighted by Gasteiger charge is -2.32. The SMILES string of the molecule is CC1=C(C#N)C(c2ccc(C(F)(F)F)cc2)C2=C(CCCC2=O)N1. The van der Waals surface area contributed by atoms with Crippen molar-refractivity contribution in [3.63, 3.8) is 0 Å². The molecular formula is C18H15F3N2O. The predicted molar refractivity (Wildman–Crippen MR) is 81.5 cm³/mol. The number of benzene rings is 1. The average Bonchev–Trinajstić information content (AvgIpc) is 2.53. The Bertz CT molecular complexity index is 795. The second-order valence-corrected chi connectivity index (χ2v) is 6.00. The molecule has 1 heterocycles. The molecule has 0 amide bonds. The maximum atomic E-state index is 12.8. The molecule has 0 saturated carbocycles. The van der Waals surface area contributed by atoms with Gasteiger partial charge < -0.3 is 5.32 Å². The van der Waals surface area contributed by atoms with Crippen molar-refractivity contribution < 1.29 is 18.0 Å². The van der Waals surface area contributed by atoms with Crippen molar-refractivity contribution in [2.45, 2.75) is 38.3 Å². The highest BCUT2D eigenvalue weighted by molar-refractivity contribution is 5.99. The number of rotatable bonds is 1. The van der Waals surface area contributed by atoms with Crippen LogP contribution in [0.4, 0.5) is 13.2 Å². The number of nitrogens with one attached hydrogen (secondary N) is 1. The first kappa shape index (κ1) is 16.3. The highest BCUT2D eigenvalue weighted by Crippen LogP contribution is 2.42. The van der Waals surface area contributed by atoms with Gasteiger partial charge in [-0.1, -0.05) is 12.1 Å². The van der Waals surface area contributed by atoms with Crippen LogP contribution >= 0.6 is 0 Å². The summed E-state index contributed by atoms with van der Waals surface area (Å²) >= 11 is 0. The summed E-state index contributed by atoms with van der Waals surface area (Å²) in [5.41, 5.74) is 2.11. The van der Waals surface area contributed by atoms with E-state index in [4.69, 9.17) is 0 Å². The standard InChI is InChI=1S/C18H15F3N2O/c1-10-13(9-22)16(17-14(23-10)3-2-4-15(17)24)11-5-7-12(8-6-11)18(19,20)21/h5-8,16,23H,2-4H2,1H3. The number of hydrogen-bond donors (Lipinski definition) is 1. The van der Waals surface area contributed by atoms with Crippen LogP contribution in [0.15, 0.2) is 46.8 Å². The molecule has 124 valence electrons. The van der Waals surface area contributed by atoms with Gasteiger partial charge in [-0.05, 0) is 37.5 Å². The molecule has 0 bridgehead atoms. The van der Waals surface area contributed by atoms with E-state index in [1.807, 2.05) is 0 Å². The third kappa shape index (κ3) is 2.71. The minimum absolute atomic E-state index is 0.0473. The van der Waals surface area contributed by atoms with Crippen LogP contribution in [0.1, 0.15) is 43.2 Å². The molecule has 0 aromatic heterocycles. The molecule has 1 aromatic rings. The molecule has 3 nitrogen and oxygen atoms in total. The summed E-state index contributed by atoms with van der Waals surface area (Å²) in [4.78, 5) is 12.4. The Morgan fingerprint density at radius 2 is 1.88 bits per heavy atom. The van der Waals surface area contributed by atoms with Crippen molar-refractivity contribution in [2.24, 2.45) is 0 Å². The monoisotopic (exact) mass is 332 g/mol. The van der Waals surface area contributed by atoms with Crippen LogP contribution in [-0.2, 0) is 11.0 Å².